The van der Waals surface area contributed by atoms with Crippen LogP contribution >= 0.6 is 34.2 Å². The SMILES string of the molecule is N=C(Nc1cccc(Cl)c1)c1nonc1NC(=O)c1ccc(I)cc1. The molecule has 0 radical (unpaired) electrons. The largest absolute Gasteiger partial charge is 0.339 e. The Bertz CT molecular complexity index is 926. The molecule has 0 aliphatic carbocycles. The van der Waals surface area contributed by atoms with E-state index in [-0.39, 0.29) is 23.3 Å². The number of benzene rings is 2. The molecule has 0 fully saturated rings. The van der Waals surface area contributed by atoms with Crippen molar-refractivity contribution in [2.24, 2.45) is 0 Å². The van der Waals surface area contributed by atoms with Crippen LogP contribution in [0.3, 0.4) is 0 Å². The van der Waals surface area contributed by atoms with Gasteiger partial charge in [0.1, 0.15) is 0 Å². The first-order chi connectivity index (χ1) is 12.0. The van der Waals surface area contributed by atoms with Crippen molar-refractivity contribution in [1.29, 1.82) is 5.41 Å². The smallest absolute Gasteiger partial charge is 0.256 e. The highest BCUT2D eigenvalue weighted by Gasteiger charge is 2.18. The second-order valence-electron chi connectivity index (χ2n) is 4.93. The van der Waals surface area contributed by atoms with Crippen molar-refractivity contribution in [3.63, 3.8) is 0 Å². The van der Waals surface area contributed by atoms with E-state index in [9.17, 15) is 4.79 Å². The molecule has 0 atom stereocenters. The zero-order chi connectivity index (χ0) is 17.8. The number of aromatic nitrogens is 2. The van der Waals surface area contributed by atoms with Gasteiger partial charge in [-0.2, -0.15) is 0 Å². The lowest BCUT2D eigenvalue weighted by atomic mass is 10.2. The van der Waals surface area contributed by atoms with E-state index in [1.54, 1.807) is 36.4 Å². The van der Waals surface area contributed by atoms with Gasteiger partial charge < -0.3 is 10.6 Å². The van der Waals surface area contributed by atoms with Gasteiger partial charge in [0, 0.05) is 19.8 Å². The molecule has 1 aromatic heterocycles. The average Bonchev–Trinajstić information content (AvgIpc) is 3.03. The van der Waals surface area contributed by atoms with Crippen molar-refractivity contribution >= 4 is 57.4 Å². The Morgan fingerprint density at radius 3 is 2.60 bits per heavy atom. The number of anilines is 2. The van der Waals surface area contributed by atoms with Gasteiger partial charge in [-0.25, -0.2) is 4.63 Å². The molecular weight excluding hydrogens is 457 g/mol. The molecule has 0 spiro atoms. The molecule has 1 heterocycles. The highest BCUT2D eigenvalue weighted by atomic mass is 127. The van der Waals surface area contributed by atoms with E-state index in [2.05, 4.69) is 48.2 Å². The van der Waals surface area contributed by atoms with Crippen molar-refractivity contribution in [3.8, 4) is 0 Å². The molecule has 9 heteroatoms. The van der Waals surface area contributed by atoms with Gasteiger partial charge in [-0.15, -0.1) is 0 Å². The van der Waals surface area contributed by atoms with Crippen LogP contribution in [0, 0.1) is 8.98 Å². The summed E-state index contributed by atoms with van der Waals surface area (Å²) in [6.45, 7) is 0. The molecule has 0 aliphatic rings. The number of rotatable bonds is 4. The zero-order valence-corrected chi connectivity index (χ0v) is 15.5. The van der Waals surface area contributed by atoms with E-state index in [4.69, 9.17) is 17.0 Å². The van der Waals surface area contributed by atoms with Gasteiger partial charge >= 0.3 is 0 Å². The van der Waals surface area contributed by atoms with Crippen LogP contribution in [0.4, 0.5) is 11.5 Å². The summed E-state index contributed by atoms with van der Waals surface area (Å²) < 4.78 is 5.68. The molecule has 0 saturated carbocycles. The van der Waals surface area contributed by atoms with E-state index in [0.717, 1.165) is 3.57 Å². The number of nitrogens with one attached hydrogen (secondary N) is 3. The Morgan fingerprint density at radius 2 is 1.88 bits per heavy atom. The van der Waals surface area contributed by atoms with Crippen molar-refractivity contribution in [1.82, 2.24) is 10.3 Å². The van der Waals surface area contributed by atoms with Crippen LogP contribution in [0.25, 0.3) is 0 Å². The second-order valence-corrected chi connectivity index (χ2v) is 6.61. The Kier molecular flexibility index (Phi) is 5.29. The Morgan fingerprint density at radius 1 is 1.12 bits per heavy atom. The predicted molar refractivity (Wildman–Crippen MR) is 103 cm³/mol. The number of carbonyl (C=O) groups excluding carboxylic acids is 1. The molecule has 7 nitrogen and oxygen atoms in total. The molecule has 1 amide bonds. The number of halogens is 2. The lowest BCUT2D eigenvalue weighted by Crippen LogP contribution is -2.18. The summed E-state index contributed by atoms with van der Waals surface area (Å²) in [5.74, 6) is -0.395. The summed E-state index contributed by atoms with van der Waals surface area (Å²) in [4.78, 5) is 12.3. The van der Waals surface area contributed by atoms with Crippen LogP contribution in [-0.4, -0.2) is 22.1 Å². The van der Waals surface area contributed by atoms with Gasteiger partial charge in [0.05, 0.1) is 0 Å². The van der Waals surface area contributed by atoms with Gasteiger partial charge in [-0.05, 0) is 75.4 Å². The quantitative estimate of drug-likeness (QED) is 0.305. The summed E-state index contributed by atoms with van der Waals surface area (Å²) in [7, 11) is 0. The molecule has 0 saturated heterocycles. The Hall–Kier alpha value is -2.46. The Balaban J connectivity index is 1.74. The second kappa shape index (κ2) is 7.62. The Labute approximate surface area is 161 Å². The zero-order valence-electron chi connectivity index (χ0n) is 12.6. The number of nitrogens with zero attached hydrogens (tertiary/aromatic N) is 2. The molecule has 0 aliphatic heterocycles. The summed E-state index contributed by atoms with van der Waals surface area (Å²) in [5, 5.41) is 21.4. The maximum absolute atomic E-state index is 12.3. The highest BCUT2D eigenvalue weighted by molar-refractivity contribution is 14.1. The van der Waals surface area contributed by atoms with Gasteiger partial charge in [-0.3, -0.25) is 10.2 Å². The predicted octanol–water partition coefficient (Wildman–Crippen LogP) is 4.02. The summed E-state index contributed by atoms with van der Waals surface area (Å²) in [5.41, 5.74) is 1.15. The molecule has 3 N–H and O–H groups in total. The third-order valence-electron chi connectivity index (χ3n) is 3.16. The minimum absolute atomic E-state index is 0.0584. The van der Waals surface area contributed by atoms with Gasteiger partial charge in [0.25, 0.3) is 5.91 Å². The minimum Gasteiger partial charge on any atom is -0.339 e. The first-order valence-electron chi connectivity index (χ1n) is 7.04. The third-order valence-corrected chi connectivity index (χ3v) is 4.11. The highest BCUT2D eigenvalue weighted by Crippen LogP contribution is 2.18. The molecule has 3 rings (SSSR count). The lowest BCUT2D eigenvalue weighted by molar-refractivity contribution is 0.102. The minimum atomic E-state index is -0.371. The number of hydrogen-bond acceptors (Lipinski definition) is 5. The maximum Gasteiger partial charge on any atom is 0.256 e. The number of hydrogen-bond donors (Lipinski definition) is 3. The molecular formula is C16H11ClIN5O2. The number of amides is 1. The fourth-order valence-corrected chi connectivity index (χ4v) is 2.54. The summed E-state index contributed by atoms with van der Waals surface area (Å²) in [6.07, 6.45) is 0. The monoisotopic (exact) mass is 467 g/mol. The average molecular weight is 468 g/mol. The topological polar surface area (TPSA) is 104 Å². The van der Waals surface area contributed by atoms with Gasteiger partial charge in [0.2, 0.25) is 5.82 Å². The maximum atomic E-state index is 12.3. The number of carbonyl (C=O) groups is 1. The lowest BCUT2D eigenvalue weighted by Gasteiger charge is -2.07. The third kappa shape index (κ3) is 4.34. The molecule has 126 valence electrons. The summed E-state index contributed by atoms with van der Waals surface area (Å²) >= 11 is 8.07. The van der Waals surface area contributed by atoms with Crippen molar-refractivity contribution in [3.05, 3.63) is 68.4 Å². The molecule has 0 bridgehead atoms. The van der Waals surface area contributed by atoms with E-state index in [0.29, 0.717) is 16.3 Å². The first kappa shape index (κ1) is 17.4. The molecule has 0 unspecified atom stereocenters. The van der Waals surface area contributed by atoms with E-state index < -0.39 is 0 Å². The van der Waals surface area contributed by atoms with Crippen molar-refractivity contribution in [2.75, 3.05) is 10.6 Å². The normalized spacial score (nSPS) is 10.3. The van der Waals surface area contributed by atoms with Crippen molar-refractivity contribution in [2.45, 2.75) is 0 Å². The van der Waals surface area contributed by atoms with E-state index >= 15 is 0 Å². The van der Waals surface area contributed by atoms with Crippen molar-refractivity contribution < 1.29 is 9.42 Å². The first-order valence-corrected chi connectivity index (χ1v) is 8.49. The van der Waals surface area contributed by atoms with Crippen LogP contribution < -0.4 is 10.6 Å². The van der Waals surface area contributed by atoms with Crippen LogP contribution in [0.5, 0.6) is 0 Å². The van der Waals surface area contributed by atoms with E-state index in [1.807, 2.05) is 12.1 Å². The van der Waals surface area contributed by atoms with Crippen LogP contribution in [0.1, 0.15) is 16.1 Å². The number of amidine groups is 1. The van der Waals surface area contributed by atoms with E-state index in [1.165, 1.54) is 0 Å². The van der Waals surface area contributed by atoms with Crippen LogP contribution in [0.15, 0.2) is 53.2 Å². The molecule has 3 aromatic rings. The van der Waals surface area contributed by atoms with Crippen LogP contribution in [-0.2, 0) is 0 Å². The molecule has 2 aromatic carbocycles. The molecule has 25 heavy (non-hydrogen) atoms. The van der Waals surface area contributed by atoms with Gasteiger partial charge in [-0.1, -0.05) is 17.7 Å². The fourth-order valence-electron chi connectivity index (χ4n) is 1.99. The van der Waals surface area contributed by atoms with Crippen LogP contribution in [0.2, 0.25) is 5.02 Å². The van der Waals surface area contributed by atoms with Gasteiger partial charge in [0.15, 0.2) is 11.5 Å². The standard InChI is InChI=1S/C16H11ClIN5O2/c17-10-2-1-3-12(8-10)20-14(19)13-15(23-25-22-13)21-16(24)9-4-6-11(18)7-5-9/h1-8H,(H2,19,20)(H,21,23,24). The summed E-state index contributed by atoms with van der Waals surface area (Å²) in [6, 6.07) is 13.9. The fraction of sp³-hybridized carbons (Fsp3) is 0.